The van der Waals surface area contributed by atoms with E-state index in [4.69, 9.17) is 9.15 Å². The predicted molar refractivity (Wildman–Crippen MR) is 78.7 cm³/mol. The van der Waals surface area contributed by atoms with Gasteiger partial charge in [0, 0.05) is 38.8 Å². The summed E-state index contributed by atoms with van der Waals surface area (Å²) in [4.78, 5) is 14.4. The number of hydrogen-bond acceptors (Lipinski definition) is 4. The minimum Gasteiger partial charge on any atom is -0.468 e. The van der Waals surface area contributed by atoms with Crippen LogP contribution in [0.5, 0.6) is 0 Å². The van der Waals surface area contributed by atoms with Crippen LogP contribution >= 0.6 is 0 Å². The fraction of sp³-hybridized carbons (Fsp3) is 0.688. The largest absolute Gasteiger partial charge is 0.468 e. The van der Waals surface area contributed by atoms with Crippen LogP contribution < -0.4 is 5.32 Å². The van der Waals surface area contributed by atoms with Crippen LogP contribution in [0.25, 0.3) is 0 Å². The van der Waals surface area contributed by atoms with Crippen molar-refractivity contribution >= 4 is 5.91 Å². The average molecular weight is 292 g/mol. The summed E-state index contributed by atoms with van der Waals surface area (Å²) in [5.41, 5.74) is 0. The molecule has 116 valence electrons. The first-order chi connectivity index (χ1) is 10.3. The van der Waals surface area contributed by atoms with Crippen LogP contribution in [0.15, 0.2) is 22.8 Å². The number of amides is 1. The third-order valence-electron chi connectivity index (χ3n) is 4.41. The van der Waals surface area contributed by atoms with Crippen molar-refractivity contribution in [2.75, 3.05) is 26.3 Å². The van der Waals surface area contributed by atoms with E-state index in [1.807, 2.05) is 12.1 Å². The molecule has 2 aliphatic rings. The summed E-state index contributed by atoms with van der Waals surface area (Å²) in [5, 5.41) is 3.18. The van der Waals surface area contributed by atoms with Crippen molar-refractivity contribution in [2.24, 2.45) is 5.92 Å². The lowest BCUT2D eigenvalue weighted by Gasteiger charge is -2.31. The smallest absolute Gasteiger partial charge is 0.220 e. The maximum atomic E-state index is 12.0. The van der Waals surface area contributed by atoms with Gasteiger partial charge in [0.05, 0.1) is 12.8 Å². The van der Waals surface area contributed by atoms with Gasteiger partial charge in [-0.05, 0) is 37.3 Å². The van der Waals surface area contributed by atoms with E-state index < -0.39 is 0 Å². The molecule has 1 aromatic heterocycles. The van der Waals surface area contributed by atoms with Gasteiger partial charge >= 0.3 is 0 Å². The van der Waals surface area contributed by atoms with E-state index in [-0.39, 0.29) is 5.91 Å². The molecular weight excluding hydrogens is 268 g/mol. The molecule has 0 aromatic carbocycles. The van der Waals surface area contributed by atoms with E-state index in [1.54, 1.807) is 6.26 Å². The van der Waals surface area contributed by atoms with Gasteiger partial charge in [-0.2, -0.15) is 0 Å². The number of likely N-dealkylation sites (tertiary alicyclic amines) is 1. The third kappa shape index (κ3) is 4.32. The number of carbonyl (C=O) groups excluding carboxylic acids is 1. The lowest BCUT2D eigenvalue weighted by molar-refractivity contribution is -0.123. The zero-order valence-corrected chi connectivity index (χ0v) is 12.4. The molecule has 5 heteroatoms. The zero-order chi connectivity index (χ0) is 14.5. The van der Waals surface area contributed by atoms with Crippen molar-refractivity contribution in [1.82, 2.24) is 10.2 Å². The third-order valence-corrected chi connectivity index (χ3v) is 4.41. The van der Waals surface area contributed by atoms with Crippen LogP contribution in [0.2, 0.25) is 0 Å². The molecule has 0 aliphatic carbocycles. The summed E-state index contributed by atoms with van der Waals surface area (Å²) in [6, 6.07) is 4.26. The molecule has 0 saturated carbocycles. The number of nitrogens with zero attached hydrogens (tertiary/aromatic N) is 1. The van der Waals surface area contributed by atoms with E-state index in [0.717, 1.165) is 57.9 Å². The lowest BCUT2D eigenvalue weighted by atomic mass is 10.0. The molecule has 21 heavy (non-hydrogen) atoms. The van der Waals surface area contributed by atoms with Gasteiger partial charge < -0.3 is 14.5 Å². The van der Waals surface area contributed by atoms with Crippen molar-refractivity contribution < 1.29 is 13.9 Å². The van der Waals surface area contributed by atoms with E-state index >= 15 is 0 Å². The number of ether oxygens (including phenoxy) is 1. The van der Waals surface area contributed by atoms with Gasteiger partial charge in [0.2, 0.25) is 5.91 Å². The molecule has 0 spiro atoms. The second kappa shape index (κ2) is 7.09. The van der Waals surface area contributed by atoms with Crippen LogP contribution in [0, 0.1) is 5.92 Å². The number of rotatable bonds is 5. The molecule has 5 nitrogen and oxygen atoms in total. The van der Waals surface area contributed by atoms with Gasteiger partial charge in [-0.1, -0.05) is 0 Å². The Morgan fingerprint density at radius 2 is 2.19 bits per heavy atom. The van der Waals surface area contributed by atoms with Gasteiger partial charge in [0.25, 0.3) is 0 Å². The molecule has 0 bridgehead atoms. The van der Waals surface area contributed by atoms with Gasteiger partial charge in [-0.15, -0.1) is 0 Å². The summed E-state index contributed by atoms with van der Waals surface area (Å²) in [6.07, 6.45) is 5.40. The fourth-order valence-corrected chi connectivity index (χ4v) is 3.15. The first kappa shape index (κ1) is 14.6. The Kier molecular flexibility index (Phi) is 4.93. The Morgan fingerprint density at radius 3 is 2.86 bits per heavy atom. The van der Waals surface area contributed by atoms with E-state index in [1.165, 1.54) is 0 Å². The zero-order valence-electron chi connectivity index (χ0n) is 12.4. The van der Waals surface area contributed by atoms with Crippen molar-refractivity contribution in [3.05, 3.63) is 24.2 Å². The van der Waals surface area contributed by atoms with Crippen molar-refractivity contribution in [1.29, 1.82) is 0 Å². The molecule has 2 fully saturated rings. The SMILES string of the molecule is O=C(C[C@@H]1CCOC1)NC1CCN(Cc2ccco2)CC1. The standard InChI is InChI=1S/C16H24N2O3/c19-16(10-13-5-9-20-12-13)17-14-3-6-18(7-4-14)11-15-2-1-8-21-15/h1-2,8,13-14H,3-7,9-12H2,(H,17,19)/t13-/m0/s1. The lowest BCUT2D eigenvalue weighted by Crippen LogP contribution is -2.44. The molecule has 1 atom stereocenters. The molecule has 2 aliphatic heterocycles. The van der Waals surface area contributed by atoms with E-state index in [0.29, 0.717) is 18.4 Å². The normalized spacial score (nSPS) is 24.3. The van der Waals surface area contributed by atoms with Crippen LogP contribution in [0.1, 0.15) is 31.4 Å². The maximum absolute atomic E-state index is 12.0. The van der Waals surface area contributed by atoms with Gasteiger partial charge in [-0.25, -0.2) is 0 Å². The highest BCUT2D eigenvalue weighted by atomic mass is 16.5. The summed E-state index contributed by atoms with van der Waals surface area (Å²) in [5.74, 6) is 1.62. The number of furan rings is 1. The summed E-state index contributed by atoms with van der Waals surface area (Å²) in [6.45, 7) is 4.45. The highest BCUT2D eigenvalue weighted by Crippen LogP contribution is 2.18. The quantitative estimate of drug-likeness (QED) is 0.899. The molecule has 1 aromatic rings. The molecule has 0 unspecified atom stereocenters. The Morgan fingerprint density at radius 1 is 1.33 bits per heavy atom. The minimum atomic E-state index is 0.190. The summed E-state index contributed by atoms with van der Waals surface area (Å²) >= 11 is 0. The Balaban J connectivity index is 1.36. The Labute approximate surface area is 125 Å². The number of nitrogens with one attached hydrogen (secondary N) is 1. The second-order valence-electron chi connectivity index (χ2n) is 6.13. The first-order valence-electron chi connectivity index (χ1n) is 7.91. The monoisotopic (exact) mass is 292 g/mol. The fourth-order valence-electron chi connectivity index (χ4n) is 3.15. The summed E-state index contributed by atoms with van der Waals surface area (Å²) in [7, 11) is 0. The van der Waals surface area contributed by atoms with Crippen LogP contribution in [0.4, 0.5) is 0 Å². The second-order valence-corrected chi connectivity index (χ2v) is 6.13. The predicted octanol–water partition coefficient (Wildman–Crippen LogP) is 1.79. The van der Waals surface area contributed by atoms with Crippen molar-refractivity contribution in [3.63, 3.8) is 0 Å². The highest BCUT2D eigenvalue weighted by Gasteiger charge is 2.24. The molecule has 3 rings (SSSR count). The molecule has 1 amide bonds. The van der Waals surface area contributed by atoms with Crippen LogP contribution in [-0.2, 0) is 16.1 Å². The van der Waals surface area contributed by atoms with E-state index in [9.17, 15) is 4.79 Å². The number of piperidine rings is 1. The topological polar surface area (TPSA) is 54.7 Å². The highest BCUT2D eigenvalue weighted by molar-refractivity contribution is 5.76. The Hall–Kier alpha value is -1.33. The van der Waals surface area contributed by atoms with Crippen LogP contribution in [0.3, 0.4) is 0 Å². The van der Waals surface area contributed by atoms with Gasteiger partial charge in [0.15, 0.2) is 0 Å². The van der Waals surface area contributed by atoms with Gasteiger partial charge in [-0.3, -0.25) is 9.69 Å². The van der Waals surface area contributed by atoms with Gasteiger partial charge in [0.1, 0.15) is 5.76 Å². The molecule has 2 saturated heterocycles. The van der Waals surface area contributed by atoms with Crippen molar-refractivity contribution in [3.8, 4) is 0 Å². The Bertz CT molecular complexity index is 432. The summed E-state index contributed by atoms with van der Waals surface area (Å²) < 4.78 is 10.7. The molecule has 3 heterocycles. The average Bonchev–Trinajstić information content (AvgIpc) is 3.14. The first-order valence-corrected chi connectivity index (χ1v) is 7.91. The molecule has 1 N–H and O–H groups in total. The van der Waals surface area contributed by atoms with E-state index in [2.05, 4.69) is 10.2 Å². The minimum absolute atomic E-state index is 0.190. The number of hydrogen-bond donors (Lipinski definition) is 1. The molecular formula is C16H24N2O3. The number of carbonyl (C=O) groups is 1. The van der Waals surface area contributed by atoms with Crippen molar-refractivity contribution in [2.45, 2.75) is 38.3 Å². The molecule has 0 radical (unpaired) electrons. The maximum Gasteiger partial charge on any atom is 0.220 e. The van der Waals surface area contributed by atoms with Crippen LogP contribution in [-0.4, -0.2) is 43.2 Å².